The number of nitrogens with zero attached hydrogens (tertiary/aromatic N) is 3. The van der Waals surface area contributed by atoms with E-state index in [9.17, 15) is 13.2 Å². The molecule has 146 valence electrons. The molecule has 1 aromatic heterocycles. The van der Waals surface area contributed by atoms with Crippen molar-refractivity contribution >= 4 is 49.8 Å². The molecule has 11 heteroatoms. The van der Waals surface area contributed by atoms with E-state index in [0.29, 0.717) is 26.7 Å². The molecule has 1 N–H and O–H groups in total. The van der Waals surface area contributed by atoms with Crippen molar-refractivity contribution in [1.29, 1.82) is 0 Å². The van der Waals surface area contributed by atoms with Gasteiger partial charge in [0.1, 0.15) is 12.3 Å². The zero-order valence-electron chi connectivity index (χ0n) is 15.1. The van der Waals surface area contributed by atoms with Crippen LogP contribution in [0, 0.1) is 6.92 Å². The molecule has 0 bridgehead atoms. The maximum atomic E-state index is 12.4. The summed E-state index contributed by atoms with van der Waals surface area (Å²) in [5.74, 6) is 0.510. The number of nitrogens with one attached hydrogen (secondary N) is 1. The highest BCUT2D eigenvalue weighted by atomic mass is 32.2. The van der Waals surface area contributed by atoms with Gasteiger partial charge < -0.3 is 4.74 Å². The maximum Gasteiger partial charge on any atom is 0.246 e. The lowest BCUT2D eigenvalue weighted by molar-refractivity contribution is -0.114. The average Bonchev–Trinajstić information content (AvgIpc) is 3.04. The first-order valence-electron chi connectivity index (χ1n) is 7.74. The monoisotopic (exact) mass is 428 g/mol. The number of sulfonamides is 1. The molecule has 0 saturated heterocycles. The lowest BCUT2D eigenvalue weighted by atomic mass is 10.2. The van der Waals surface area contributed by atoms with Crippen molar-refractivity contribution in [2.45, 2.75) is 11.3 Å². The number of carbonyl (C=O) groups excluding carboxylic acids is 1. The van der Waals surface area contributed by atoms with Crippen molar-refractivity contribution in [2.75, 3.05) is 35.3 Å². The molecule has 1 heterocycles. The molecule has 0 radical (unpaired) electrons. The second-order valence-electron chi connectivity index (χ2n) is 5.47. The Kier molecular flexibility index (Phi) is 7.22. The molecule has 0 atom stereocenters. The van der Waals surface area contributed by atoms with E-state index in [1.54, 1.807) is 24.3 Å². The summed E-state index contributed by atoms with van der Waals surface area (Å²) in [4.78, 5) is 12.4. The molecule has 0 aliphatic carbocycles. The molecule has 2 rings (SSSR count). The SMILES string of the molecule is C=CCSc1nnc(NC(=O)CN(c2cc(C)ccc2OC)S(C)(=O)=O)s1. The van der Waals surface area contributed by atoms with Gasteiger partial charge >= 0.3 is 0 Å². The van der Waals surface area contributed by atoms with Crippen molar-refractivity contribution < 1.29 is 17.9 Å². The lowest BCUT2D eigenvalue weighted by Crippen LogP contribution is -2.37. The minimum Gasteiger partial charge on any atom is -0.495 e. The molecule has 1 aromatic carbocycles. The Labute approximate surface area is 166 Å². The molecule has 0 unspecified atom stereocenters. The number of carbonyl (C=O) groups is 1. The first-order valence-corrected chi connectivity index (χ1v) is 11.4. The lowest BCUT2D eigenvalue weighted by Gasteiger charge is -2.23. The molecular formula is C16H20N4O4S3. The standard InChI is InChI=1S/C16H20N4O4S3/c1-5-8-25-16-19-18-15(26-16)17-14(21)10-20(27(4,22)23)12-9-11(2)6-7-13(12)24-3/h5-7,9H,1,8,10H2,2-4H3,(H,17,18,21). The van der Waals surface area contributed by atoms with Gasteiger partial charge in [-0.25, -0.2) is 8.42 Å². The molecule has 8 nitrogen and oxygen atoms in total. The number of methoxy groups -OCH3 is 1. The number of benzene rings is 1. The maximum absolute atomic E-state index is 12.4. The average molecular weight is 429 g/mol. The minimum atomic E-state index is -3.72. The van der Waals surface area contributed by atoms with Crippen molar-refractivity contribution in [3.05, 3.63) is 36.4 Å². The summed E-state index contributed by atoms with van der Waals surface area (Å²) >= 11 is 2.65. The normalized spacial score (nSPS) is 11.1. The summed E-state index contributed by atoms with van der Waals surface area (Å²) in [5, 5.41) is 10.7. The molecule has 0 spiro atoms. The molecule has 0 aliphatic rings. The van der Waals surface area contributed by atoms with Crippen molar-refractivity contribution in [1.82, 2.24) is 10.2 Å². The summed E-state index contributed by atoms with van der Waals surface area (Å²) in [6, 6.07) is 5.11. The molecule has 2 aromatic rings. The Bertz CT molecular complexity index is 927. The summed E-state index contributed by atoms with van der Waals surface area (Å²) in [6.45, 7) is 5.05. The highest BCUT2D eigenvalue weighted by Crippen LogP contribution is 2.31. The number of ether oxygens (including phenoxy) is 1. The van der Waals surface area contributed by atoms with E-state index in [2.05, 4.69) is 22.1 Å². The van der Waals surface area contributed by atoms with Crippen LogP contribution in [0.5, 0.6) is 5.75 Å². The molecule has 0 saturated carbocycles. The van der Waals surface area contributed by atoms with Crippen LogP contribution in [0.4, 0.5) is 10.8 Å². The van der Waals surface area contributed by atoms with Crippen LogP contribution in [0.3, 0.4) is 0 Å². The third kappa shape index (κ3) is 5.94. The third-order valence-electron chi connectivity index (χ3n) is 3.27. The van der Waals surface area contributed by atoms with Gasteiger partial charge in [0.05, 0.1) is 19.1 Å². The predicted molar refractivity (Wildman–Crippen MR) is 109 cm³/mol. The van der Waals surface area contributed by atoms with Crippen LogP contribution in [0.15, 0.2) is 35.2 Å². The van der Waals surface area contributed by atoms with Crippen molar-refractivity contribution in [3.8, 4) is 5.75 Å². The van der Waals surface area contributed by atoms with E-state index in [1.165, 1.54) is 30.2 Å². The molecule has 1 amide bonds. The van der Waals surface area contributed by atoms with Gasteiger partial charge in [-0.15, -0.1) is 16.8 Å². The van der Waals surface area contributed by atoms with Crippen LogP contribution in [-0.4, -0.2) is 50.2 Å². The zero-order chi connectivity index (χ0) is 20.0. The highest BCUT2D eigenvalue weighted by Gasteiger charge is 2.24. The number of thioether (sulfide) groups is 1. The smallest absolute Gasteiger partial charge is 0.246 e. The topological polar surface area (TPSA) is 101 Å². The van der Waals surface area contributed by atoms with Crippen LogP contribution >= 0.6 is 23.1 Å². The predicted octanol–water partition coefficient (Wildman–Crippen LogP) is 2.54. The van der Waals surface area contributed by atoms with Crippen LogP contribution < -0.4 is 14.4 Å². The number of hydrogen-bond acceptors (Lipinski definition) is 8. The van der Waals surface area contributed by atoms with Gasteiger partial charge in [-0.05, 0) is 24.6 Å². The number of rotatable bonds is 9. The number of aromatic nitrogens is 2. The zero-order valence-corrected chi connectivity index (χ0v) is 17.6. The summed E-state index contributed by atoms with van der Waals surface area (Å²) < 4.78 is 31.5. The Morgan fingerprint density at radius 3 is 2.81 bits per heavy atom. The quantitative estimate of drug-likeness (QED) is 0.372. The van der Waals surface area contributed by atoms with E-state index in [1.807, 2.05) is 6.92 Å². The first-order chi connectivity index (χ1) is 12.7. The second kappa shape index (κ2) is 9.20. The van der Waals surface area contributed by atoms with Crippen molar-refractivity contribution in [2.24, 2.45) is 0 Å². The molecular weight excluding hydrogens is 408 g/mol. The number of hydrogen-bond donors (Lipinski definition) is 1. The fourth-order valence-corrected chi connectivity index (χ4v) is 4.49. The fraction of sp³-hybridized carbons (Fsp3) is 0.312. The van der Waals surface area contributed by atoms with Gasteiger partial charge in [-0.1, -0.05) is 35.2 Å². The van der Waals surface area contributed by atoms with Crippen LogP contribution in [-0.2, 0) is 14.8 Å². The van der Waals surface area contributed by atoms with Crippen LogP contribution in [0.1, 0.15) is 5.56 Å². The van der Waals surface area contributed by atoms with Gasteiger partial charge in [0, 0.05) is 5.75 Å². The Morgan fingerprint density at radius 1 is 1.44 bits per heavy atom. The minimum absolute atomic E-state index is 0.301. The van der Waals surface area contributed by atoms with E-state index in [0.717, 1.165) is 16.1 Å². The van der Waals surface area contributed by atoms with E-state index in [4.69, 9.17) is 4.74 Å². The van der Waals surface area contributed by atoms with Gasteiger partial charge in [-0.2, -0.15) is 0 Å². The van der Waals surface area contributed by atoms with E-state index >= 15 is 0 Å². The number of amides is 1. The Hall–Kier alpha value is -2.11. The van der Waals surface area contributed by atoms with E-state index < -0.39 is 22.5 Å². The number of aryl methyl sites for hydroxylation is 1. The summed E-state index contributed by atoms with van der Waals surface area (Å²) in [5.41, 5.74) is 1.14. The second-order valence-corrected chi connectivity index (χ2v) is 9.62. The van der Waals surface area contributed by atoms with Gasteiger partial charge in [0.15, 0.2) is 4.34 Å². The van der Waals surface area contributed by atoms with Crippen LogP contribution in [0.25, 0.3) is 0 Å². The van der Waals surface area contributed by atoms with Crippen molar-refractivity contribution in [3.63, 3.8) is 0 Å². The van der Waals surface area contributed by atoms with Gasteiger partial charge in [0.2, 0.25) is 21.1 Å². The molecule has 0 fully saturated rings. The van der Waals surface area contributed by atoms with Crippen LogP contribution in [0.2, 0.25) is 0 Å². The third-order valence-corrected chi connectivity index (χ3v) is 6.36. The van der Waals surface area contributed by atoms with E-state index in [-0.39, 0.29) is 0 Å². The Balaban J connectivity index is 2.20. The largest absolute Gasteiger partial charge is 0.495 e. The highest BCUT2D eigenvalue weighted by molar-refractivity contribution is 8.01. The fourth-order valence-electron chi connectivity index (χ4n) is 2.11. The number of anilines is 2. The first kappa shape index (κ1) is 21.2. The summed E-state index contributed by atoms with van der Waals surface area (Å²) in [6.07, 6.45) is 2.78. The molecule has 0 aliphatic heterocycles. The molecule has 27 heavy (non-hydrogen) atoms. The summed E-state index contributed by atoms with van der Waals surface area (Å²) in [7, 11) is -2.27. The van der Waals surface area contributed by atoms with Gasteiger partial charge in [0.25, 0.3) is 0 Å². The van der Waals surface area contributed by atoms with Gasteiger partial charge in [-0.3, -0.25) is 14.4 Å². The Morgan fingerprint density at radius 2 is 2.19 bits per heavy atom.